The number of carboxylic acid groups (broad SMARTS) is 1. The van der Waals surface area contributed by atoms with Crippen LogP contribution in [-0.2, 0) is 42.9 Å². The minimum absolute atomic E-state index is 0. The Morgan fingerprint density at radius 2 is 0.819 bits per heavy atom. The van der Waals surface area contributed by atoms with Gasteiger partial charge in [-0.15, -0.1) is 12.4 Å². The van der Waals surface area contributed by atoms with Gasteiger partial charge in [-0.3, -0.25) is 14.6 Å². The average molecular weight is 1370 g/mol. The fraction of sp³-hybridized carbons (Fsp3) is 0.615. The van der Waals surface area contributed by atoms with E-state index in [1.807, 2.05) is 20.8 Å². The van der Waals surface area contributed by atoms with Gasteiger partial charge < -0.3 is 48.8 Å². The number of carboxylic acids is 1. The molecule has 6 fully saturated rings. The summed E-state index contributed by atoms with van der Waals surface area (Å²) < 4.78 is 153. The van der Waals surface area contributed by atoms with E-state index < -0.39 is 117 Å². The lowest BCUT2D eigenvalue weighted by molar-refractivity contribution is -0.155. The van der Waals surface area contributed by atoms with Crippen molar-refractivity contribution in [3.8, 4) is 0 Å². The van der Waals surface area contributed by atoms with Crippen molar-refractivity contribution in [3.05, 3.63) is 106 Å². The first kappa shape index (κ1) is 77.8. The van der Waals surface area contributed by atoms with Crippen molar-refractivity contribution in [2.24, 2.45) is 0 Å². The number of esters is 2. The number of carbonyl (C=O) groups excluding carboxylic acids is 6. The van der Waals surface area contributed by atoms with E-state index in [4.69, 9.17) is 14.2 Å². The maximum atomic E-state index is 15.9. The summed E-state index contributed by atoms with van der Waals surface area (Å²) in [5.74, 6) is -12.0. The van der Waals surface area contributed by atoms with E-state index in [2.05, 4.69) is 14.8 Å². The number of methoxy groups -OCH3 is 2. The lowest BCUT2D eigenvalue weighted by atomic mass is 9.86. The number of amides is 3. The third kappa shape index (κ3) is 19.9. The molecule has 9 rings (SSSR count). The van der Waals surface area contributed by atoms with Crippen LogP contribution >= 0.6 is 12.4 Å². The van der Waals surface area contributed by atoms with Crippen LogP contribution in [-0.4, -0.2) is 210 Å². The van der Waals surface area contributed by atoms with Gasteiger partial charge in [-0.2, -0.15) is 0 Å². The SMILES string of the molecule is CC(C)(C)OC(=O)N1CCC(=O)CC1.CC(C)(C)OC(=O)N1CCC(N2C[C@@H](c3ccc(F)cc3F)[C@](F)(C(=O)O)C2)CC1.COC(=O)[C@]1(F)CN(C2CCN(C(=O)OC(C)(C)C)CC2)C[C@H]1c1ccc(F)cc1F.COC(=O)[C@]1(F)CNC[C@H]1c1ccc(F)cc1F.Cl. The highest BCUT2D eigenvalue weighted by molar-refractivity contribution is 5.85. The van der Waals surface area contributed by atoms with Crippen molar-refractivity contribution in [2.75, 3.05) is 92.8 Å². The van der Waals surface area contributed by atoms with Gasteiger partial charge in [0.1, 0.15) is 57.5 Å². The van der Waals surface area contributed by atoms with Crippen LogP contribution in [0.3, 0.4) is 0 Å². The van der Waals surface area contributed by atoms with Crippen molar-refractivity contribution in [3.63, 3.8) is 0 Å². The van der Waals surface area contributed by atoms with Gasteiger partial charge in [0.05, 0.1) is 14.2 Å². The summed E-state index contributed by atoms with van der Waals surface area (Å²) >= 11 is 0. The van der Waals surface area contributed by atoms with Crippen LogP contribution in [0.25, 0.3) is 0 Å². The van der Waals surface area contributed by atoms with Gasteiger partial charge in [-0.05, 0) is 123 Å². The van der Waals surface area contributed by atoms with Crippen LogP contribution in [0.15, 0.2) is 54.6 Å². The zero-order valence-corrected chi connectivity index (χ0v) is 55.5. The molecule has 0 aromatic heterocycles. The summed E-state index contributed by atoms with van der Waals surface area (Å²) in [6.45, 7) is 18.2. The van der Waals surface area contributed by atoms with Gasteiger partial charge >= 0.3 is 36.2 Å². The van der Waals surface area contributed by atoms with Gasteiger partial charge in [0.25, 0.3) is 0 Å². The largest absolute Gasteiger partial charge is 0.479 e. The summed E-state index contributed by atoms with van der Waals surface area (Å²) in [5.41, 5.74) is -9.34. The predicted octanol–water partition coefficient (Wildman–Crippen LogP) is 10.7. The number of benzene rings is 3. The minimum Gasteiger partial charge on any atom is -0.479 e. The molecule has 3 aromatic carbocycles. The molecule has 0 saturated carbocycles. The van der Waals surface area contributed by atoms with Crippen LogP contribution in [0.1, 0.15) is 135 Å². The van der Waals surface area contributed by atoms with Gasteiger partial charge in [0.15, 0.2) is 0 Å². The summed E-state index contributed by atoms with van der Waals surface area (Å²) in [6.07, 6.45) is 1.96. The monoisotopic (exact) mass is 1360 g/mol. The van der Waals surface area contributed by atoms with Crippen molar-refractivity contribution in [2.45, 2.75) is 164 Å². The first-order valence-corrected chi connectivity index (χ1v) is 30.7. The standard InChI is InChI=1S/C22H29F3N2O4.C21H27F3N2O4.C12H12F3NO2.C10H17NO3.ClH/c1-21(2,3)31-20(29)26-9-7-15(8-10-26)27-12-17(22(25,13-27)19(28)30-4)16-6-5-14(23)11-18(16)24;1-20(2,3)30-19(29)25-8-6-14(7-9-25)26-11-16(21(24,12-26)18(27)28)15-5-4-13(22)10-17(15)23;1-18-11(17)12(15)6-16-5-9(12)8-3-2-7(13)4-10(8)14;1-10(2,3)14-9(13)11-6-4-8(12)5-7-11;/h5-6,11,15,17H,7-10,12-13H2,1-4H3;4-5,10,14,16H,6-9,11-12H2,1-3H3,(H,27,28);2-4,9,16H,5-6H2,1H3;4-7H2,1-3H3;1H/t17-,22-;16-,21-;9-,12-;;/m000../s1. The zero-order chi connectivity index (χ0) is 69.3. The highest BCUT2D eigenvalue weighted by Gasteiger charge is 2.58. The molecule has 6 atom stereocenters. The summed E-state index contributed by atoms with van der Waals surface area (Å²) in [4.78, 5) is 90.7. The molecule has 0 spiro atoms. The molecule has 6 saturated heterocycles. The number of rotatable bonds is 8. The first-order chi connectivity index (χ1) is 43.2. The number of ketones is 1. The van der Waals surface area contributed by atoms with Crippen LogP contribution < -0.4 is 5.32 Å². The molecule has 2 N–H and O–H groups in total. The molecule has 0 aliphatic carbocycles. The molecule has 3 aromatic rings. The fourth-order valence-corrected chi connectivity index (χ4v) is 12.1. The molecule has 94 heavy (non-hydrogen) atoms. The number of carbonyl (C=O) groups is 7. The first-order valence-electron chi connectivity index (χ1n) is 30.7. The van der Waals surface area contributed by atoms with E-state index in [1.165, 1.54) is 6.07 Å². The topological polar surface area (TPSA) is 214 Å². The Morgan fingerprint density at radius 3 is 1.15 bits per heavy atom. The zero-order valence-electron chi connectivity index (χ0n) is 54.7. The second kappa shape index (κ2) is 31.8. The quantitative estimate of drug-likeness (QED) is 0.122. The predicted molar refractivity (Wildman–Crippen MR) is 327 cm³/mol. The van der Waals surface area contributed by atoms with E-state index in [1.54, 1.807) is 66.0 Å². The normalized spacial score (nSPS) is 24.7. The molecule has 0 unspecified atom stereocenters. The lowest BCUT2D eigenvalue weighted by Crippen LogP contribution is -2.48. The number of piperidine rings is 3. The molecule has 0 bridgehead atoms. The van der Waals surface area contributed by atoms with Gasteiger partial charge in [0, 0.05) is 139 Å². The lowest BCUT2D eigenvalue weighted by Gasteiger charge is -2.37. The maximum Gasteiger partial charge on any atom is 0.410 e. The average Bonchev–Trinajstić information content (AvgIpc) is 1.62. The van der Waals surface area contributed by atoms with Crippen LogP contribution in [0.2, 0.25) is 0 Å². The number of aliphatic carboxylic acids is 1. The Hall–Kier alpha value is -6.91. The molecular formula is C65H86ClF9N6O13. The number of alkyl halides is 3. The van der Waals surface area contributed by atoms with E-state index >= 15 is 8.78 Å². The second-order valence-electron chi connectivity index (χ2n) is 26.9. The molecular weight excluding hydrogens is 1280 g/mol. The Bertz CT molecular complexity index is 3170. The Labute approximate surface area is 547 Å². The molecule has 3 amide bonds. The molecule has 29 heteroatoms. The molecule has 6 heterocycles. The van der Waals surface area contributed by atoms with E-state index in [-0.39, 0.29) is 92.3 Å². The third-order valence-corrected chi connectivity index (χ3v) is 16.7. The molecule has 6 aliphatic heterocycles. The number of likely N-dealkylation sites (tertiary alicyclic amines) is 5. The summed E-state index contributed by atoms with van der Waals surface area (Å²) in [5, 5.41) is 12.2. The molecule has 524 valence electrons. The number of nitrogens with zero attached hydrogens (tertiary/aromatic N) is 5. The Balaban J connectivity index is 0.000000237. The van der Waals surface area contributed by atoms with E-state index in [0.717, 1.165) is 44.6 Å². The van der Waals surface area contributed by atoms with E-state index in [0.29, 0.717) is 96.0 Å². The van der Waals surface area contributed by atoms with Crippen molar-refractivity contribution >= 4 is 54.4 Å². The van der Waals surface area contributed by atoms with Crippen LogP contribution in [0.5, 0.6) is 0 Å². The van der Waals surface area contributed by atoms with Gasteiger partial charge in [-0.1, -0.05) is 18.2 Å². The van der Waals surface area contributed by atoms with Crippen LogP contribution in [0.4, 0.5) is 53.9 Å². The minimum atomic E-state index is -2.68. The smallest absolute Gasteiger partial charge is 0.410 e. The van der Waals surface area contributed by atoms with Crippen molar-refractivity contribution in [1.82, 2.24) is 29.8 Å². The van der Waals surface area contributed by atoms with Crippen LogP contribution in [0, 0.1) is 34.9 Å². The third-order valence-electron chi connectivity index (χ3n) is 16.7. The highest BCUT2D eigenvalue weighted by Crippen LogP contribution is 2.45. The number of nitrogens with one attached hydrogen (secondary N) is 1. The summed E-state index contributed by atoms with van der Waals surface area (Å²) in [7, 11) is 2.16. The fourth-order valence-electron chi connectivity index (χ4n) is 12.1. The van der Waals surface area contributed by atoms with Crippen molar-refractivity contribution < 1.29 is 102 Å². The van der Waals surface area contributed by atoms with E-state index in [9.17, 15) is 69.4 Å². The van der Waals surface area contributed by atoms with Crippen molar-refractivity contribution in [1.29, 1.82) is 0 Å². The summed E-state index contributed by atoms with van der Waals surface area (Å²) in [6, 6.07) is 8.30. The Morgan fingerprint density at radius 1 is 0.500 bits per heavy atom. The number of hydrogen-bond acceptors (Lipinski definition) is 15. The molecule has 19 nitrogen and oxygen atoms in total. The molecule has 0 radical (unpaired) electrons. The highest BCUT2D eigenvalue weighted by atomic mass is 35.5. The molecule has 6 aliphatic rings. The number of hydrogen-bond donors (Lipinski definition) is 2. The van der Waals surface area contributed by atoms with Gasteiger partial charge in [-0.25, -0.2) is 68.3 Å². The Kier molecular flexibility index (Phi) is 26.3. The number of Topliss-reactive ketones (excluding diaryl/α,β-unsaturated/α-hetero) is 1. The van der Waals surface area contributed by atoms with Gasteiger partial charge in [0.2, 0.25) is 17.0 Å². The number of ether oxygens (including phenoxy) is 5. The second-order valence-corrected chi connectivity index (χ2v) is 26.9. The maximum absolute atomic E-state index is 15.9. The number of halogens is 10.